The van der Waals surface area contributed by atoms with Crippen LogP contribution >= 0.6 is 11.3 Å². The number of aryl methyl sites for hydroxylation is 3. The zero-order chi connectivity index (χ0) is 24.8. The minimum atomic E-state index is -1.21. The van der Waals surface area contributed by atoms with E-state index in [1.165, 1.54) is 15.9 Å². The number of carbonyl (C=O) groups is 1. The molecule has 0 aliphatic rings. The summed E-state index contributed by atoms with van der Waals surface area (Å²) in [6.07, 6.45) is 3.39. The lowest BCUT2D eigenvalue weighted by Crippen LogP contribution is -2.23. The first-order valence-electron chi connectivity index (χ1n) is 10.8. The van der Waals surface area contributed by atoms with Gasteiger partial charge in [0.15, 0.2) is 0 Å². The Labute approximate surface area is 200 Å². The largest absolute Gasteiger partial charge is 0.419 e. The van der Waals surface area contributed by atoms with Gasteiger partial charge in [-0.1, -0.05) is 0 Å². The maximum absolute atomic E-state index is 12.8. The number of aliphatic hydroxyl groups is 1. The van der Waals surface area contributed by atoms with Crippen LogP contribution in [-0.2, 0) is 12.6 Å². The van der Waals surface area contributed by atoms with Gasteiger partial charge >= 0.3 is 0 Å². The normalized spacial score (nSPS) is 11.7. The summed E-state index contributed by atoms with van der Waals surface area (Å²) in [6.45, 7) is 9.43. The molecule has 9 nitrogen and oxygen atoms in total. The smallest absolute Gasteiger partial charge is 0.274 e. The van der Waals surface area contributed by atoms with E-state index in [4.69, 9.17) is 4.74 Å². The number of nitrogens with one attached hydrogen (secondary N) is 2. The van der Waals surface area contributed by atoms with E-state index in [0.29, 0.717) is 38.8 Å². The molecular formula is C24H27N5O4S. The Balaban J connectivity index is 1.95. The Morgan fingerprint density at radius 2 is 2.03 bits per heavy atom. The van der Waals surface area contributed by atoms with Gasteiger partial charge in [-0.05, 0) is 52.3 Å². The Bertz CT molecular complexity index is 1460. The number of ether oxygens (including phenoxy) is 1. The van der Waals surface area contributed by atoms with Crippen LogP contribution in [0.3, 0.4) is 0 Å². The molecule has 4 rings (SSSR count). The lowest BCUT2D eigenvalue weighted by atomic mass is 10.1. The highest BCUT2D eigenvalue weighted by Gasteiger charge is 2.28. The van der Waals surface area contributed by atoms with E-state index in [2.05, 4.69) is 20.3 Å². The first-order valence-corrected chi connectivity index (χ1v) is 11.7. The lowest BCUT2D eigenvalue weighted by Gasteiger charge is -2.12. The van der Waals surface area contributed by atoms with Gasteiger partial charge in [-0.15, -0.1) is 11.3 Å². The summed E-state index contributed by atoms with van der Waals surface area (Å²) >= 11 is 1.26. The molecule has 0 fully saturated rings. The molecule has 0 saturated carbocycles. The maximum atomic E-state index is 12.8. The summed E-state index contributed by atoms with van der Waals surface area (Å²) in [4.78, 5) is 37.8. The second kappa shape index (κ2) is 8.69. The molecule has 0 saturated heterocycles. The van der Waals surface area contributed by atoms with Gasteiger partial charge < -0.3 is 24.7 Å². The fourth-order valence-corrected chi connectivity index (χ4v) is 4.62. The van der Waals surface area contributed by atoms with Crippen molar-refractivity contribution in [2.45, 2.75) is 40.2 Å². The minimum Gasteiger partial charge on any atom is -0.419 e. The number of amides is 1. The van der Waals surface area contributed by atoms with Gasteiger partial charge in [0.1, 0.15) is 26.7 Å². The van der Waals surface area contributed by atoms with Gasteiger partial charge in [0.05, 0.1) is 0 Å². The average molecular weight is 482 g/mol. The van der Waals surface area contributed by atoms with Crippen LogP contribution in [0.5, 0.6) is 11.8 Å². The van der Waals surface area contributed by atoms with Crippen LogP contribution in [0.15, 0.2) is 29.3 Å². The Hall–Kier alpha value is -3.50. The molecule has 4 aromatic rings. The number of aromatic nitrogens is 4. The highest BCUT2D eigenvalue weighted by atomic mass is 32.1. The SMILES string of the molecule is CCNC(=O)c1cc2c(-c3sc(C(C)(C)O)nc3Oc3ncc(C)cc3C)cn(C)c(=O)c2[nH]1. The number of hydrogen-bond acceptors (Lipinski definition) is 7. The number of rotatable bonds is 6. The molecular weight excluding hydrogens is 454 g/mol. The predicted molar refractivity (Wildman–Crippen MR) is 132 cm³/mol. The number of H-pyrrole nitrogens is 1. The second-order valence-electron chi connectivity index (χ2n) is 8.74. The van der Waals surface area contributed by atoms with Crippen LogP contribution in [0.4, 0.5) is 0 Å². The summed E-state index contributed by atoms with van der Waals surface area (Å²) in [6, 6.07) is 3.61. The molecule has 4 aromatic heterocycles. The number of nitrogens with zero attached hydrogens (tertiary/aromatic N) is 3. The van der Waals surface area contributed by atoms with Gasteiger partial charge in [-0.25, -0.2) is 9.97 Å². The molecule has 0 aliphatic heterocycles. The molecule has 0 aromatic carbocycles. The van der Waals surface area contributed by atoms with E-state index in [-0.39, 0.29) is 23.0 Å². The molecule has 3 N–H and O–H groups in total. The van der Waals surface area contributed by atoms with Crippen molar-refractivity contribution in [1.82, 2.24) is 24.8 Å². The maximum Gasteiger partial charge on any atom is 0.274 e. The topological polar surface area (TPSA) is 122 Å². The average Bonchev–Trinajstić information content (AvgIpc) is 3.38. The van der Waals surface area contributed by atoms with Crippen LogP contribution in [0.2, 0.25) is 0 Å². The van der Waals surface area contributed by atoms with Crippen molar-refractivity contribution in [2.75, 3.05) is 6.54 Å². The Morgan fingerprint density at radius 3 is 2.68 bits per heavy atom. The van der Waals surface area contributed by atoms with Gasteiger partial charge in [0.2, 0.25) is 11.8 Å². The molecule has 10 heteroatoms. The van der Waals surface area contributed by atoms with Crippen LogP contribution in [0, 0.1) is 13.8 Å². The monoisotopic (exact) mass is 481 g/mol. The van der Waals surface area contributed by atoms with Crippen LogP contribution in [-0.4, -0.2) is 37.1 Å². The van der Waals surface area contributed by atoms with Gasteiger partial charge in [0, 0.05) is 42.5 Å². The number of thiazole rings is 1. The van der Waals surface area contributed by atoms with Crippen molar-refractivity contribution >= 4 is 28.1 Å². The summed E-state index contributed by atoms with van der Waals surface area (Å²) < 4.78 is 7.58. The van der Waals surface area contributed by atoms with E-state index in [1.807, 2.05) is 26.8 Å². The van der Waals surface area contributed by atoms with E-state index in [9.17, 15) is 14.7 Å². The second-order valence-corrected chi connectivity index (χ2v) is 9.74. The van der Waals surface area contributed by atoms with Crippen LogP contribution in [0.1, 0.15) is 47.4 Å². The fourth-order valence-electron chi connectivity index (χ4n) is 3.60. The summed E-state index contributed by atoms with van der Waals surface area (Å²) in [5, 5.41) is 14.4. The molecule has 0 spiro atoms. The standard InChI is InChI=1S/C24H27N5O4S/c1-7-25-19(30)16-9-14-15(11-29(6)22(31)17(14)27-16)18-21(28-23(34-18)24(4,5)32)33-20-13(3)8-12(2)10-26-20/h8-11,27,32H,7H2,1-6H3,(H,25,30). The number of hydrogen-bond donors (Lipinski definition) is 3. The van der Waals surface area contributed by atoms with Crippen molar-refractivity contribution in [1.29, 1.82) is 0 Å². The number of aromatic amines is 1. The Kier molecular flexibility index (Phi) is 6.05. The molecule has 0 unspecified atom stereocenters. The van der Waals surface area contributed by atoms with Crippen molar-refractivity contribution in [3.63, 3.8) is 0 Å². The summed E-state index contributed by atoms with van der Waals surface area (Å²) in [7, 11) is 1.64. The summed E-state index contributed by atoms with van der Waals surface area (Å²) in [5.74, 6) is 0.365. The molecule has 34 heavy (non-hydrogen) atoms. The molecule has 178 valence electrons. The lowest BCUT2D eigenvalue weighted by molar-refractivity contribution is 0.0778. The number of pyridine rings is 2. The van der Waals surface area contributed by atoms with E-state index in [0.717, 1.165) is 11.1 Å². The van der Waals surface area contributed by atoms with E-state index < -0.39 is 5.60 Å². The third-order valence-corrected chi connectivity index (χ3v) is 6.65. The van der Waals surface area contributed by atoms with Gasteiger partial charge in [-0.2, -0.15) is 0 Å². The van der Waals surface area contributed by atoms with E-state index >= 15 is 0 Å². The predicted octanol–water partition coefficient (Wildman–Crippen LogP) is 3.77. The molecule has 0 bridgehead atoms. The van der Waals surface area contributed by atoms with E-state index in [1.54, 1.807) is 39.4 Å². The van der Waals surface area contributed by atoms with Gasteiger partial charge in [0.25, 0.3) is 11.5 Å². The molecule has 1 amide bonds. The highest BCUT2D eigenvalue weighted by molar-refractivity contribution is 7.15. The molecule has 0 atom stereocenters. The molecule has 4 heterocycles. The minimum absolute atomic E-state index is 0.264. The zero-order valence-corrected chi connectivity index (χ0v) is 20.8. The first-order chi connectivity index (χ1) is 16.0. The Morgan fingerprint density at radius 1 is 1.29 bits per heavy atom. The third kappa shape index (κ3) is 4.34. The van der Waals surface area contributed by atoms with Crippen LogP contribution in [0.25, 0.3) is 21.3 Å². The first kappa shape index (κ1) is 23.7. The molecule has 0 radical (unpaired) electrons. The van der Waals surface area contributed by atoms with Crippen molar-refractivity contribution in [2.24, 2.45) is 7.05 Å². The summed E-state index contributed by atoms with van der Waals surface area (Å²) in [5.41, 5.74) is 1.61. The molecule has 0 aliphatic carbocycles. The van der Waals surface area contributed by atoms with Gasteiger partial charge in [-0.3, -0.25) is 9.59 Å². The third-order valence-electron chi connectivity index (χ3n) is 5.27. The highest BCUT2D eigenvalue weighted by Crippen LogP contribution is 2.43. The fraction of sp³-hybridized carbons (Fsp3) is 0.333. The quantitative estimate of drug-likeness (QED) is 0.385. The van der Waals surface area contributed by atoms with Crippen molar-refractivity contribution in [3.05, 3.63) is 56.7 Å². The van der Waals surface area contributed by atoms with Crippen molar-refractivity contribution < 1.29 is 14.6 Å². The zero-order valence-electron chi connectivity index (χ0n) is 19.9. The number of fused-ring (bicyclic) bond motifs is 1. The van der Waals surface area contributed by atoms with Crippen LogP contribution < -0.4 is 15.6 Å². The van der Waals surface area contributed by atoms with Crippen molar-refractivity contribution in [3.8, 4) is 22.2 Å². The number of carbonyl (C=O) groups excluding carboxylic acids is 1.